The highest BCUT2D eigenvalue weighted by Crippen LogP contribution is 2.36. The van der Waals surface area contributed by atoms with Crippen molar-refractivity contribution >= 4 is 28.7 Å². The lowest BCUT2D eigenvalue weighted by Crippen LogP contribution is -2.45. The zero-order chi connectivity index (χ0) is 19.6. The summed E-state index contributed by atoms with van der Waals surface area (Å²) in [5.74, 6) is 0.552. The minimum atomic E-state index is 0.334. The van der Waals surface area contributed by atoms with Crippen LogP contribution in [-0.4, -0.2) is 32.0 Å². The minimum Gasteiger partial charge on any atom is -0.444 e. The molecule has 0 unspecified atom stereocenters. The Morgan fingerprint density at radius 2 is 2.10 bits per heavy atom. The minimum absolute atomic E-state index is 0.334. The summed E-state index contributed by atoms with van der Waals surface area (Å²) in [6, 6.07) is 8.34. The summed E-state index contributed by atoms with van der Waals surface area (Å²) in [5.41, 5.74) is 3.28. The van der Waals surface area contributed by atoms with Crippen molar-refractivity contribution in [2.75, 3.05) is 5.32 Å². The predicted molar refractivity (Wildman–Crippen MR) is 110 cm³/mol. The Morgan fingerprint density at radius 1 is 1.17 bits per heavy atom. The first-order valence-corrected chi connectivity index (χ1v) is 10.0. The van der Waals surface area contributed by atoms with Crippen molar-refractivity contribution in [1.29, 1.82) is 5.26 Å². The van der Waals surface area contributed by atoms with E-state index in [1.165, 1.54) is 11.9 Å². The fraction of sp³-hybridized carbons (Fsp3) is 0.200. The molecule has 0 bridgehead atoms. The van der Waals surface area contributed by atoms with E-state index in [1.807, 2.05) is 12.3 Å². The van der Waals surface area contributed by atoms with Crippen molar-refractivity contribution in [3.8, 4) is 17.5 Å². The van der Waals surface area contributed by atoms with Crippen LogP contribution in [0.15, 0.2) is 58.7 Å². The van der Waals surface area contributed by atoms with Crippen LogP contribution in [0, 0.1) is 11.3 Å². The van der Waals surface area contributed by atoms with Gasteiger partial charge < -0.3 is 14.7 Å². The van der Waals surface area contributed by atoms with Gasteiger partial charge in [0.15, 0.2) is 0 Å². The van der Waals surface area contributed by atoms with E-state index in [2.05, 4.69) is 36.0 Å². The van der Waals surface area contributed by atoms with E-state index < -0.39 is 0 Å². The summed E-state index contributed by atoms with van der Waals surface area (Å²) >= 11 is 1.47. The van der Waals surface area contributed by atoms with Gasteiger partial charge in [-0.2, -0.15) is 5.26 Å². The molecule has 4 aromatic heterocycles. The van der Waals surface area contributed by atoms with E-state index in [4.69, 9.17) is 9.68 Å². The summed E-state index contributed by atoms with van der Waals surface area (Å²) in [6.07, 6.45) is 10.5. The zero-order valence-electron chi connectivity index (χ0n) is 15.3. The molecule has 4 heterocycles. The highest BCUT2D eigenvalue weighted by molar-refractivity contribution is 7.97. The molecule has 8 nitrogen and oxygen atoms in total. The average molecular weight is 403 g/mol. The Morgan fingerprint density at radius 3 is 2.93 bits per heavy atom. The summed E-state index contributed by atoms with van der Waals surface area (Å²) in [4.78, 5) is 16.2. The molecule has 0 aromatic carbocycles. The second-order valence-corrected chi connectivity index (χ2v) is 7.71. The molecule has 9 heteroatoms. The summed E-state index contributed by atoms with van der Waals surface area (Å²) in [7, 11) is 0. The van der Waals surface area contributed by atoms with Crippen molar-refractivity contribution in [2.24, 2.45) is 0 Å². The largest absolute Gasteiger partial charge is 0.444 e. The number of oxazole rings is 1. The summed E-state index contributed by atoms with van der Waals surface area (Å²) in [6.45, 7) is 0. The quantitative estimate of drug-likeness (QED) is 0.417. The molecule has 0 atom stereocenters. The number of H-pyrrole nitrogens is 1. The van der Waals surface area contributed by atoms with Crippen molar-refractivity contribution in [1.82, 2.24) is 24.7 Å². The lowest BCUT2D eigenvalue weighted by Gasteiger charge is -2.37. The van der Waals surface area contributed by atoms with Crippen LogP contribution >= 0.6 is 11.9 Å². The second kappa shape index (κ2) is 7.58. The number of nitriles is 1. The van der Waals surface area contributed by atoms with Crippen LogP contribution in [0.1, 0.15) is 18.4 Å². The number of anilines is 1. The number of rotatable bonds is 6. The van der Waals surface area contributed by atoms with Gasteiger partial charge in [-0.15, -0.1) is 0 Å². The van der Waals surface area contributed by atoms with E-state index in [0.717, 1.165) is 40.2 Å². The highest BCUT2D eigenvalue weighted by atomic mass is 32.2. The normalized spacial score (nSPS) is 18.3. The number of nitrogens with zero attached hydrogens (tertiary/aromatic N) is 4. The van der Waals surface area contributed by atoms with E-state index >= 15 is 0 Å². The van der Waals surface area contributed by atoms with E-state index in [-0.39, 0.29) is 0 Å². The molecule has 4 aromatic rings. The second-order valence-electron chi connectivity index (χ2n) is 6.85. The van der Waals surface area contributed by atoms with E-state index in [0.29, 0.717) is 23.5 Å². The highest BCUT2D eigenvalue weighted by Gasteiger charge is 2.30. The molecular weight excluding hydrogens is 386 g/mol. The number of hydrogen-bond acceptors (Lipinski definition) is 8. The molecular formula is C20H17N7OS. The SMILES string of the molecule is N#Cc1ccnc(SN[C@H]2C[C@H](Nc3c(-c4ncco4)cnc4[nH]ccc34)C2)c1. The first-order chi connectivity index (χ1) is 14.3. The van der Waals surface area contributed by atoms with Crippen LogP contribution in [0.3, 0.4) is 0 Å². The molecule has 0 radical (unpaired) electrons. The summed E-state index contributed by atoms with van der Waals surface area (Å²) < 4.78 is 8.93. The lowest BCUT2D eigenvalue weighted by atomic mass is 9.87. The molecule has 5 rings (SSSR count). The van der Waals surface area contributed by atoms with Gasteiger partial charge in [0.05, 0.1) is 29.1 Å². The van der Waals surface area contributed by atoms with Crippen LogP contribution in [0.4, 0.5) is 5.69 Å². The van der Waals surface area contributed by atoms with Crippen molar-refractivity contribution < 1.29 is 4.42 Å². The third-order valence-electron chi connectivity index (χ3n) is 4.93. The molecule has 0 aliphatic heterocycles. The molecule has 3 N–H and O–H groups in total. The van der Waals surface area contributed by atoms with E-state index in [9.17, 15) is 0 Å². The number of nitrogens with one attached hydrogen (secondary N) is 3. The van der Waals surface area contributed by atoms with Crippen LogP contribution in [0.2, 0.25) is 0 Å². The fourth-order valence-electron chi connectivity index (χ4n) is 3.40. The van der Waals surface area contributed by atoms with Crippen LogP contribution < -0.4 is 10.0 Å². The van der Waals surface area contributed by atoms with Crippen molar-refractivity contribution in [3.63, 3.8) is 0 Å². The number of aromatic nitrogens is 4. The van der Waals surface area contributed by atoms with Crippen molar-refractivity contribution in [2.45, 2.75) is 30.0 Å². The van der Waals surface area contributed by atoms with Gasteiger partial charge in [0, 0.05) is 36.1 Å². The Kier molecular flexibility index (Phi) is 4.63. The Labute approximate surface area is 170 Å². The monoisotopic (exact) mass is 403 g/mol. The van der Waals surface area contributed by atoms with Gasteiger partial charge in [0.1, 0.15) is 16.9 Å². The van der Waals surface area contributed by atoms with Gasteiger partial charge in [-0.1, -0.05) is 0 Å². The van der Waals surface area contributed by atoms with Gasteiger partial charge in [0.2, 0.25) is 5.89 Å². The van der Waals surface area contributed by atoms with E-state index in [1.54, 1.807) is 37.0 Å². The molecule has 1 aliphatic carbocycles. The number of hydrogen-bond donors (Lipinski definition) is 3. The topological polar surface area (TPSA) is 115 Å². The number of aromatic amines is 1. The maximum absolute atomic E-state index is 8.99. The third kappa shape index (κ3) is 3.55. The fourth-order valence-corrected chi connectivity index (χ4v) is 4.18. The lowest BCUT2D eigenvalue weighted by molar-refractivity contribution is 0.355. The Balaban J connectivity index is 1.26. The van der Waals surface area contributed by atoms with Gasteiger partial charge in [-0.05, 0) is 43.0 Å². The zero-order valence-corrected chi connectivity index (χ0v) is 16.1. The molecule has 0 amide bonds. The maximum Gasteiger partial charge on any atom is 0.229 e. The van der Waals surface area contributed by atoms with Crippen LogP contribution in [0.5, 0.6) is 0 Å². The van der Waals surface area contributed by atoms with Gasteiger partial charge in [-0.25, -0.2) is 15.0 Å². The Bertz CT molecular complexity index is 1180. The number of pyridine rings is 2. The van der Waals surface area contributed by atoms with Gasteiger partial charge in [-0.3, -0.25) is 4.72 Å². The first-order valence-electron chi connectivity index (χ1n) is 9.21. The smallest absolute Gasteiger partial charge is 0.229 e. The molecule has 29 heavy (non-hydrogen) atoms. The molecule has 1 aliphatic rings. The predicted octanol–water partition coefficient (Wildman–Crippen LogP) is 3.72. The third-order valence-corrected chi connectivity index (χ3v) is 5.81. The molecule has 0 spiro atoms. The standard InChI is InChI=1S/C20H17N7OS/c21-10-12-1-3-22-17(7-12)29-27-14-8-13(9-14)26-18-15-2-4-23-19(15)25-11-16(18)20-24-5-6-28-20/h1-7,11,13-14,27H,8-9H2,(H2,23,25,26)/t13-,14-. The van der Waals surface area contributed by atoms with Crippen molar-refractivity contribution in [3.05, 3.63) is 54.8 Å². The average Bonchev–Trinajstić information content (AvgIpc) is 3.41. The molecule has 0 saturated heterocycles. The van der Waals surface area contributed by atoms with Crippen LogP contribution in [-0.2, 0) is 0 Å². The summed E-state index contributed by atoms with van der Waals surface area (Å²) in [5, 5.41) is 14.4. The van der Waals surface area contributed by atoms with Gasteiger partial charge >= 0.3 is 0 Å². The van der Waals surface area contributed by atoms with Gasteiger partial charge in [0.25, 0.3) is 0 Å². The van der Waals surface area contributed by atoms with Crippen LogP contribution in [0.25, 0.3) is 22.5 Å². The molecule has 1 fully saturated rings. The Hall–Kier alpha value is -3.35. The molecule has 144 valence electrons. The first kappa shape index (κ1) is 17.7. The molecule has 1 saturated carbocycles. The maximum atomic E-state index is 8.99. The number of fused-ring (bicyclic) bond motifs is 1.